The first kappa shape index (κ1) is 38.6. The van der Waals surface area contributed by atoms with Crippen LogP contribution in [0, 0.1) is 11.8 Å². The highest BCUT2D eigenvalue weighted by Gasteiger charge is 2.38. The van der Waals surface area contributed by atoms with E-state index in [2.05, 4.69) is 46.1 Å². The molecule has 2 aromatic heterocycles. The number of amides is 2. The molecule has 2 aliphatic rings. The molecule has 4 heterocycles. The van der Waals surface area contributed by atoms with Crippen molar-refractivity contribution in [3.63, 3.8) is 0 Å². The van der Waals surface area contributed by atoms with Gasteiger partial charge in [0.2, 0.25) is 11.8 Å². The summed E-state index contributed by atoms with van der Waals surface area (Å²) in [6.07, 6.45) is 7.35. The van der Waals surface area contributed by atoms with Crippen molar-refractivity contribution in [1.82, 2.24) is 39.5 Å². The van der Waals surface area contributed by atoms with Crippen LogP contribution in [0.4, 0.5) is 0 Å². The van der Waals surface area contributed by atoms with Crippen LogP contribution in [0.15, 0.2) is 122 Å². The highest BCUT2D eigenvalue weighted by atomic mass is 16.2. The number of aromatic amines is 2. The lowest BCUT2D eigenvalue weighted by Crippen LogP contribution is -2.40. The molecule has 2 saturated heterocycles. The summed E-state index contributed by atoms with van der Waals surface area (Å²) in [4.78, 5) is 52.3. The van der Waals surface area contributed by atoms with Gasteiger partial charge in [0.15, 0.2) is 0 Å². The summed E-state index contributed by atoms with van der Waals surface area (Å²) < 4.78 is 0. The van der Waals surface area contributed by atoms with Crippen LogP contribution in [-0.4, -0.2) is 92.6 Å². The number of rotatable bonds is 10. The second-order valence-electron chi connectivity index (χ2n) is 15.7. The molecule has 2 amide bonds. The highest BCUT2D eigenvalue weighted by Crippen LogP contribution is 2.36. The molecule has 6 aromatic rings. The minimum atomic E-state index is -0.345. The molecule has 4 aromatic carbocycles. The van der Waals surface area contributed by atoms with Crippen molar-refractivity contribution >= 4 is 11.8 Å². The molecule has 10 heteroatoms. The zero-order valence-corrected chi connectivity index (χ0v) is 33.6. The van der Waals surface area contributed by atoms with Gasteiger partial charge in [-0.1, -0.05) is 96.8 Å². The van der Waals surface area contributed by atoms with E-state index >= 15 is 0 Å². The molecule has 10 nitrogen and oxygen atoms in total. The quantitative estimate of drug-likeness (QED) is 0.138. The number of likely N-dealkylation sites (N-methyl/N-ethyl adjacent to an activating group) is 2. The van der Waals surface area contributed by atoms with Gasteiger partial charge in [0.1, 0.15) is 23.7 Å². The Kier molecular flexibility index (Phi) is 11.4. The number of H-pyrrole nitrogens is 2. The topological polar surface area (TPSA) is 104 Å². The van der Waals surface area contributed by atoms with E-state index in [1.54, 1.807) is 0 Å². The molecular formula is C48H50N8O2. The smallest absolute Gasteiger partial charge is 0.245 e. The van der Waals surface area contributed by atoms with Crippen molar-refractivity contribution in [3.8, 4) is 34.4 Å². The van der Waals surface area contributed by atoms with E-state index in [0.717, 1.165) is 82.1 Å². The first-order chi connectivity index (χ1) is 28.2. The van der Waals surface area contributed by atoms with Crippen LogP contribution in [0.3, 0.4) is 0 Å². The Bertz CT molecular complexity index is 2220. The number of nitrogens with one attached hydrogen (secondary N) is 2. The van der Waals surface area contributed by atoms with Crippen LogP contribution in [0.2, 0.25) is 0 Å². The summed E-state index contributed by atoms with van der Waals surface area (Å²) in [7, 11) is 7.82. The normalized spacial score (nSPS) is 17.7. The summed E-state index contributed by atoms with van der Waals surface area (Å²) >= 11 is 0. The molecule has 0 bridgehead atoms. The molecular weight excluding hydrogens is 721 g/mol. The standard InChI is InChI=1S/C48H50N8O2/c1-53(2)43(37-13-7-5-8-14-37)47(57)55-29-11-17-41(55)45-49-31-39(51-45)35-25-21-33(22-26-35)19-20-34-23-27-36(28-24-34)40-32-50-46(52-40)42-18-12-30-56(42)48(58)44(54(3)4)38-15-9-6-10-16-38/h5-10,13-16,21-28,31-32,41-44H,11-12,17-18,29-30H2,1-4H3,(H,49,51)(H,50,52)/t41-,42-,43+,44?/m0/s1. The van der Waals surface area contributed by atoms with Crippen LogP contribution < -0.4 is 0 Å². The second kappa shape index (κ2) is 17.1. The fourth-order valence-electron chi connectivity index (χ4n) is 8.45. The van der Waals surface area contributed by atoms with Crippen molar-refractivity contribution in [2.45, 2.75) is 49.9 Å². The van der Waals surface area contributed by atoms with Crippen LogP contribution >= 0.6 is 0 Å². The number of imidazole rings is 2. The van der Waals surface area contributed by atoms with E-state index < -0.39 is 0 Å². The Morgan fingerprint density at radius 3 is 1.33 bits per heavy atom. The molecule has 294 valence electrons. The third-order valence-electron chi connectivity index (χ3n) is 11.4. The second-order valence-corrected chi connectivity index (χ2v) is 15.7. The van der Waals surface area contributed by atoms with Gasteiger partial charge in [0.25, 0.3) is 0 Å². The zero-order valence-electron chi connectivity index (χ0n) is 33.6. The highest BCUT2D eigenvalue weighted by molar-refractivity contribution is 5.84. The Balaban J connectivity index is 0.902. The number of aromatic nitrogens is 4. The van der Waals surface area contributed by atoms with Gasteiger partial charge in [0, 0.05) is 24.2 Å². The van der Waals surface area contributed by atoms with Crippen molar-refractivity contribution < 1.29 is 9.59 Å². The number of likely N-dealkylation sites (tertiary alicyclic amines) is 2. The number of carbonyl (C=O) groups is 2. The predicted octanol–water partition coefficient (Wildman–Crippen LogP) is 7.80. The first-order valence-corrected chi connectivity index (χ1v) is 20.1. The summed E-state index contributed by atoms with van der Waals surface area (Å²) in [5.41, 5.74) is 7.66. The van der Waals surface area contributed by atoms with Gasteiger partial charge in [-0.3, -0.25) is 19.4 Å². The largest absolute Gasteiger partial charge is 0.340 e. The average Bonchev–Trinajstić information content (AvgIpc) is 4.08. The number of hydrogen-bond donors (Lipinski definition) is 2. The lowest BCUT2D eigenvalue weighted by molar-refractivity contribution is -0.138. The monoisotopic (exact) mass is 770 g/mol. The number of hydrogen-bond acceptors (Lipinski definition) is 6. The van der Waals surface area contributed by atoms with Crippen LogP contribution in [0.1, 0.15) is 83.8 Å². The minimum absolute atomic E-state index is 0.0889. The van der Waals surface area contributed by atoms with Gasteiger partial charge in [-0.25, -0.2) is 9.97 Å². The lowest BCUT2D eigenvalue weighted by Gasteiger charge is -2.31. The Morgan fingerprint density at radius 1 is 0.586 bits per heavy atom. The van der Waals surface area contributed by atoms with Crippen molar-refractivity contribution in [2.75, 3.05) is 41.3 Å². The van der Waals surface area contributed by atoms with E-state index in [9.17, 15) is 9.59 Å². The number of benzene rings is 4. The van der Waals surface area contributed by atoms with Crippen molar-refractivity contribution in [1.29, 1.82) is 0 Å². The molecule has 4 atom stereocenters. The molecule has 0 aliphatic carbocycles. The third kappa shape index (κ3) is 8.10. The summed E-state index contributed by atoms with van der Waals surface area (Å²) in [6.45, 7) is 1.43. The van der Waals surface area contributed by atoms with Crippen molar-refractivity contribution in [2.24, 2.45) is 0 Å². The average molecular weight is 771 g/mol. The molecule has 1 unspecified atom stereocenters. The number of nitrogens with zero attached hydrogens (tertiary/aromatic N) is 6. The van der Waals surface area contributed by atoms with E-state index in [1.807, 2.05) is 145 Å². The van der Waals surface area contributed by atoms with Gasteiger partial charge < -0.3 is 19.8 Å². The fourth-order valence-corrected chi connectivity index (χ4v) is 8.45. The maximum Gasteiger partial charge on any atom is 0.245 e. The molecule has 2 aliphatic heterocycles. The zero-order chi connectivity index (χ0) is 40.2. The van der Waals surface area contributed by atoms with Gasteiger partial charge in [-0.05, 0) is 100 Å². The summed E-state index contributed by atoms with van der Waals surface area (Å²) in [5.74, 6) is 8.44. The van der Waals surface area contributed by atoms with Crippen LogP contribution in [0.25, 0.3) is 22.5 Å². The Morgan fingerprint density at radius 2 is 0.966 bits per heavy atom. The van der Waals surface area contributed by atoms with Crippen LogP contribution in [-0.2, 0) is 9.59 Å². The van der Waals surface area contributed by atoms with Gasteiger partial charge in [0.05, 0.1) is 35.9 Å². The molecule has 0 spiro atoms. The summed E-state index contributed by atoms with van der Waals surface area (Å²) in [5, 5.41) is 0. The molecule has 0 saturated carbocycles. The van der Waals surface area contributed by atoms with Gasteiger partial charge >= 0.3 is 0 Å². The van der Waals surface area contributed by atoms with E-state index in [0.29, 0.717) is 13.1 Å². The van der Waals surface area contributed by atoms with Crippen molar-refractivity contribution in [3.05, 3.63) is 155 Å². The van der Waals surface area contributed by atoms with Crippen LogP contribution in [0.5, 0.6) is 0 Å². The van der Waals surface area contributed by atoms with E-state index in [-0.39, 0.29) is 36.0 Å². The van der Waals surface area contributed by atoms with Gasteiger partial charge in [-0.15, -0.1) is 0 Å². The predicted molar refractivity (Wildman–Crippen MR) is 227 cm³/mol. The lowest BCUT2D eigenvalue weighted by atomic mass is 10.0. The van der Waals surface area contributed by atoms with E-state index in [4.69, 9.17) is 9.97 Å². The molecule has 2 N–H and O–H groups in total. The maximum absolute atomic E-state index is 13.9. The minimum Gasteiger partial charge on any atom is -0.340 e. The van der Waals surface area contributed by atoms with Gasteiger partial charge in [-0.2, -0.15) is 0 Å². The van der Waals surface area contributed by atoms with E-state index in [1.165, 1.54) is 0 Å². The molecule has 0 radical (unpaired) electrons. The first-order valence-electron chi connectivity index (χ1n) is 20.1. The number of carbonyl (C=O) groups excluding carboxylic acids is 2. The molecule has 2 fully saturated rings. The SMILES string of the molecule is CN(C)C(C(=O)N1CCC[C@H]1c1ncc(-c2ccc(C#Cc3ccc(-c4cnc([C@@H]5CCCN5C(=O)[C@@H](c5ccccc5)N(C)C)[nH]4)cc3)cc2)[nH]1)c1ccccc1. The summed E-state index contributed by atoms with van der Waals surface area (Å²) in [6, 6.07) is 35.4. The third-order valence-corrected chi connectivity index (χ3v) is 11.4. The fraction of sp³-hybridized carbons (Fsp3) is 0.292. The molecule has 8 rings (SSSR count). The maximum atomic E-state index is 13.9. The molecule has 58 heavy (non-hydrogen) atoms. The Hall–Kier alpha value is -6.28. The Labute approximate surface area is 340 Å².